The van der Waals surface area contributed by atoms with Crippen LogP contribution in [0, 0.1) is 5.92 Å². The molecule has 14 heavy (non-hydrogen) atoms. The lowest BCUT2D eigenvalue weighted by Gasteiger charge is -2.13. The van der Waals surface area contributed by atoms with Crippen LogP contribution in [0.25, 0.3) is 0 Å². The highest BCUT2D eigenvalue weighted by Gasteiger charge is 2.15. The van der Waals surface area contributed by atoms with Crippen LogP contribution in [0.2, 0.25) is 0 Å². The fourth-order valence-electron chi connectivity index (χ4n) is 2.80. The van der Waals surface area contributed by atoms with Crippen molar-refractivity contribution in [2.75, 3.05) is 19.6 Å². The zero-order chi connectivity index (χ0) is 9.64. The van der Waals surface area contributed by atoms with Crippen molar-refractivity contribution >= 4 is 0 Å². The molecule has 2 rings (SSSR count). The van der Waals surface area contributed by atoms with Gasteiger partial charge in [0.2, 0.25) is 0 Å². The summed E-state index contributed by atoms with van der Waals surface area (Å²) in [7, 11) is 0. The van der Waals surface area contributed by atoms with Crippen molar-refractivity contribution in [3.05, 3.63) is 0 Å². The van der Waals surface area contributed by atoms with Crippen LogP contribution in [0.15, 0.2) is 0 Å². The first-order valence-electron chi connectivity index (χ1n) is 6.39. The van der Waals surface area contributed by atoms with Crippen molar-refractivity contribution in [2.24, 2.45) is 5.92 Å². The third kappa shape index (κ3) is 3.25. The standard InChI is InChI=1S/C12H24N2/c1-2-5-11(4-1)10-13-9-7-12-6-3-8-14-12/h11-14H,1-10H2. The maximum atomic E-state index is 3.61. The van der Waals surface area contributed by atoms with Crippen molar-refractivity contribution in [1.82, 2.24) is 10.6 Å². The quantitative estimate of drug-likeness (QED) is 0.656. The monoisotopic (exact) mass is 196 g/mol. The van der Waals surface area contributed by atoms with Crippen molar-refractivity contribution in [2.45, 2.75) is 51.0 Å². The van der Waals surface area contributed by atoms with E-state index in [0.717, 1.165) is 12.0 Å². The van der Waals surface area contributed by atoms with E-state index in [4.69, 9.17) is 0 Å². The van der Waals surface area contributed by atoms with E-state index in [1.54, 1.807) is 0 Å². The Morgan fingerprint density at radius 1 is 1.07 bits per heavy atom. The van der Waals surface area contributed by atoms with Crippen LogP contribution >= 0.6 is 0 Å². The second-order valence-electron chi connectivity index (χ2n) is 4.94. The fraction of sp³-hybridized carbons (Fsp3) is 1.00. The van der Waals surface area contributed by atoms with Crippen molar-refractivity contribution < 1.29 is 0 Å². The first kappa shape index (κ1) is 10.4. The zero-order valence-electron chi connectivity index (χ0n) is 9.23. The number of hydrogen-bond donors (Lipinski definition) is 2. The van der Waals surface area contributed by atoms with Crippen LogP contribution in [0.4, 0.5) is 0 Å². The van der Waals surface area contributed by atoms with Gasteiger partial charge >= 0.3 is 0 Å². The molecule has 0 aromatic heterocycles. The van der Waals surface area contributed by atoms with Gasteiger partial charge in [0, 0.05) is 6.04 Å². The molecule has 2 fully saturated rings. The number of nitrogens with one attached hydrogen (secondary N) is 2. The van der Waals surface area contributed by atoms with Crippen LogP contribution in [0.5, 0.6) is 0 Å². The molecular formula is C12H24N2. The Labute approximate surface area is 87.8 Å². The average molecular weight is 196 g/mol. The first-order valence-corrected chi connectivity index (χ1v) is 6.39. The topological polar surface area (TPSA) is 24.1 Å². The van der Waals surface area contributed by atoms with Gasteiger partial charge < -0.3 is 10.6 Å². The second-order valence-corrected chi connectivity index (χ2v) is 4.94. The maximum absolute atomic E-state index is 3.61. The molecule has 0 bridgehead atoms. The molecule has 0 aromatic carbocycles. The lowest BCUT2D eigenvalue weighted by Crippen LogP contribution is -2.29. The molecular weight excluding hydrogens is 172 g/mol. The van der Waals surface area contributed by atoms with Gasteiger partial charge in [0.15, 0.2) is 0 Å². The van der Waals surface area contributed by atoms with Gasteiger partial charge in [0.25, 0.3) is 0 Å². The van der Waals surface area contributed by atoms with Crippen molar-refractivity contribution in [3.8, 4) is 0 Å². The summed E-state index contributed by atoms with van der Waals surface area (Å²) < 4.78 is 0. The summed E-state index contributed by atoms with van der Waals surface area (Å²) in [5, 5.41) is 7.16. The molecule has 1 atom stereocenters. The Kier molecular flexibility index (Phi) is 4.26. The zero-order valence-corrected chi connectivity index (χ0v) is 9.23. The lowest BCUT2D eigenvalue weighted by atomic mass is 10.1. The fourth-order valence-corrected chi connectivity index (χ4v) is 2.80. The van der Waals surface area contributed by atoms with Crippen LogP contribution in [-0.2, 0) is 0 Å². The van der Waals surface area contributed by atoms with Crippen molar-refractivity contribution in [3.63, 3.8) is 0 Å². The molecule has 1 aliphatic carbocycles. The van der Waals surface area contributed by atoms with Crippen LogP contribution in [0.3, 0.4) is 0 Å². The Balaban J connectivity index is 1.46. The van der Waals surface area contributed by atoms with E-state index in [0.29, 0.717) is 0 Å². The molecule has 1 unspecified atom stereocenters. The summed E-state index contributed by atoms with van der Waals surface area (Å²) >= 11 is 0. The second kappa shape index (κ2) is 5.72. The largest absolute Gasteiger partial charge is 0.316 e. The number of rotatable bonds is 5. The summed E-state index contributed by atoms with van der Waals surface area (Å²) in [4.78, 5) is 0. The Morgan fingerprint density at radius 2 is 1.93 bits per heavy atom. The highest BCUT2D eigenvalue weighted by atomic mass is 14.9. The van der Waals surface area contributed by atoms with E-state index in [-0.39, 0.29) is 0 Å². The molecule has 0 radical (unpaired) electrons. The van der Waals surface area contributed by atoms with E-state index >= 15 is 0 Å². The Hall–Kier alpha value is -0.0800. The maximum Gasteiger partial charge on any atom is 0.00796 e. The van der Waals surface area contributed by atoms with Gasteiger partial charge in [-0.25, -0.2) is 0 Å². The third-order valence-electron chi connectivity index (χ3n) is 3.74. The lowest BCUT2D eigenvalue weighted by molar-refractivity contribution is 0.461. The highest BCUT2D eigenvalue weighted by Crippen LogP contribution is 2.23. The van der Waals surface area contributed by atoms with Gasteiger partial charge in [-0.15, -0.1) is 0 Å². The van der Waals surface area contributed by atoms with E-state index in [1.807, 2.05) is 0 Å². The summed E-state index contributed by atoms with van der Waals surface area (Å²) in [6.45, 7) is 3.73. The van der Waals surface area contributed by atoms with E-state index in [9.17, 15) is 0 Å². The van der Waals surface area contributed by atoms with Gasteiger partial charge in [0.1, 0.15) is 0 Å². The van der Waals surface area contributed by atoms with Gasteiger partial charge in [0.05, 0.1) is 0 Å². The molecule has 1 saturated carbocycles. The smallest absolute Gasteiger partial charge is 0.00796 e. The third-order valence-corrected chi connectivity index (χ3v) is 3.74. The normalized spacial score (nSPS) is 28.7. The molecule has 1 heterocycles. The van der Waals surface area contributed by atoms with Crippen LogP contribution in [0.1, 0.15) is 44.9 Å². The summed E-state index contributed by atoms with van der Waals surface area (Å²) in [6.07, 6.45) is 9.97. The SMILES string of the molecule is C1CCC(CNCCC2CCCN2)C1. The minimum Gasteiger partial charge on any atom is -0.316 e. The average Bonchev–Trinajstić information content (AvgIpc) is 2.86. The molecule has 0 aromatic rings. The minimum atomic E-state index is 0.811. The molecule has 1 aliphatic heterocycles. The molecule has 2 heteroatoms. The summed E-state index contributed by atoms with van der Waals surface area (Å²) in [5.74, 6) is 0.992. The molecule has 0 spiro atoms. The molecule has 2 aliphatic rings. The van der Waals surface area contributed by atoms with Gasteiger partial charge in [-0.2, -0.15) is 0 Å². The van der Waals surface area contributed by atoms with E-state index < -0.39 is 0 Å². The molecule has 2 nitrogen and oxygen atoms in total. The van der Waals surface area contributed by atoms with Crippen LogP contribution in [-0.4, -0.2) is 25.7 Å². The summed E-state index contributed by atoms with van der Waals surface area (Å²) in [6, 6.07) is 0.811. The van der Waals surface area contributed by atoms with Gasteiger partial charge in [-0.1, -0.05) is 12.8 Å². The minimum absolute atomic E-state index is 0.811. The molecule has 1 saturated heterocycles. The predicted molar refractivity (Wildman–Crippen MR) is 60.5 cm³/mol. The Bertz CT molecular complexity index is 128. The highest BCUT2D eigenvalue weighted by molar-refractivity contribution is 4.75. The van der Waals surface area contributed by atoms with Gasteiger partial charge in [-0.05, 0) is 57.7 Å². The first-order chi connectivity index (χ1) is 6.95. The van der Waals surface area contributed by atoms with E-state index in [2.05, 4.69) is 10.6 Å². The van der Waals surface area contributed by atoms with Gasteiger partial charge in [-0.3, -0.25) is 0 Å². The van der Waals surface area contributed by atoms with Crippen LogP contribution < -0.4 is 10.6 Å². The van der Waals surface area contributed by atoms with Crippen molar-refractivity contribution in [1.29, 1.82) is 0 Å². The summed E-state index contributed by atoms with van der Waals surface area (Å²) in [5.41, 5.74) is 0. The Morgan fingerprint density at radius 3 is 2.64 bits per heavy atom. The number of hydrogen-bond acceptors (Lipinski definition) is 2. The molecule has 82 valence electrons. The predicted octanol–water partition coefficient (Wildman–Crippen LogP) is 1.91. The van der Waals surface area contributed by atoms with E-state index in [1.165, 1.54) is 64.6 Å². The molecule has 0 amide bonds. The molecule has 2 N–H and O–H groups in total.